The molecule has 1 aromatic heterocycles. The van der Waals surface area contributed by atoms with Crippen LogP contribution in [0, 0.1) is 0 Å². The smallest absolute Gasteiger partial charge is 0.177 e. The zero-order valence-electron chi connectivity index (χ0n) is 14.7. The minimum absolute atomic E-state index is 0.541. The molecular formula is C18H15BrCl2N6O. The Morgan fingerprint density at radius 3 is 2.68 bits per heavy atom. The Morgan fingerprint density at radius 1 is 1.14 bits per heavy atom. The minimum Gasteiger partial charge on any atom is -0.497 e. The predicted molar refractivity (Wildman–Crippen MR) is 113 cm³/mol. The second-order valence-electron chi connectivity index (χ2n) is 5.95. The predicted octanol–water partition coefficient (Wildman–Crippen LogP) is 4.14. The Hall–Kier alpha value is -2.26. The second kappa shape index (κ2) is 8.00. The standard InChI is InChI=1S/C18H15BrCl2N6O/c1-28-13-5-2-11(3-6-13)10-26-18(23-24-25-26)14-9-22-27(17(14)19)16-8-12(20)4-7-15(16)21/h2-9,24-25H,10H2,1H3. The van der Waals surface area contributed by atoms with Gasteiger partial charge >= 0.3 is 0 Å². The normalized spacial score (nSPS) is 13.4. The molecule has 2 heterocycles. The van der Waals surface area contributed by atoms with E-state index < -0.39 is 0 Å². The van der Waals surface area contributed by atoms with E-state index in [4.69, 9.17) is 27.9 Å². The molecule has 0 atom stereocenters. The van der Waals surface area contributed by atoms with Crippen molar-refractivity contribution in [3.63, 3.8) is 0 Å². The molecule has 1 aliphatic heterocycles. The Morgan fingerprint density at radius 2 is 1.93 bits per heavy atom. The van der Waals surface area contributed by atoms with Crippen LogP contribution < -0.4 is 15.8 Å². The van der Waals surface area contributed by atoms with Crippen molar-refractivity contribution >= 4 is 45.0 Å². The molecule has 0 fully saturated rings. The van der Waals surface area contributed by atoms with E-state index in [2.05, 4.69) is 37.2 Å². The highest BCUT2D eigenvalue weighted by Crippen LogP contribution is 2.29. The molecule has 0 saturated heterocycles. The highest BCUT2D eigenvalue weighted by atomic mass is 79.9. The second-order valence-corrected chi connectivity index (χ2v) is 7.54. The fraction of sp³-hybridized carbons (Fsp3) is 0.111. The first-order valence-electron chi connectivity index (χ1n) is 8.25. The molecule has 10 heteroatoms. The van der Waals surface area contributed by atoms with Gasteiger partial charge in [-0.05, 0) is 51.8 Å². The van der Waals surface area contributed by atoms with Crippen LogP contribution in [0.4, 0.5) is 0 Å². The van der Waals surface area contributed by atoms with Crippen molar-refractivity contribution < 1.29 is 4.74 Å². The average Bonchev–Trinajstić information content (AvgIpc) is 3.30. The van der Waals surface area contributed by atoms with E-state index in [9.17, 15) is 0 Å². The van der Waals surface area contributed by atoms with Gasteiger partial charge < -0.3 is 4.74 Å². The first-order chi connectivity index (χ1) is 13.6. The minimum atomic E-state index is 0.541. The third-order valence-corrected chi connectivity index (χ3v) is 5.51. The van der Waals surface area contributed by atoms with Crippen LogP contribution in [-0.4, -0.2) is 27.7 Å². The number of hydrazone groups is 1. The van der Waals surface area contributed by atoms with Crippen LogP contribution in [0.2, 0.25) is 10.0 Å². The summed E-state index contributed by atoms with van der Waals surface area (Å²) in [6.45, 7) is 0.589. The van der Waals surface area contributed by atoms with Gasteiger partial charge in [0, 0.05) is 5.02 Å². The van der Waals surface area contributed by atoms with Gasteiger partial charge in [-0.25, -0.2) is 10.2 Å². The molecule has 0 saturated carbocycles. The molecule has 2 N–H and O–H groups in total. The Kier molecular flexibility index (Phi) is 5.45. The van der Waals surface area contributed by atoms with Crippen molar-refractivity contribution in [1.29, 1.82) is 0 Å². The molecule has 0 unspecified atom stereocenters. The van der Waals surface area contributed by atoms with Crippen LogP contribution in [0.1, 0.15) is 11.1 Å². The number of hydrogen-bond donors (Lipinski definition) is 2. The molecular weight excluding hydrogens is 467 g/mol. The largest absolute Gasteiger partial charge is 0.497 e. The molecule has 1 aliphatic rings. The molecule has 0 aliphatic carbocycles. The average molecular weight is 482 g/mol. The summed E-state index contributed by atoms with van der Waals surface area (Å²) >= 11 is 16.0. The van der Waals surface area contributed by atoms with Gasteiger partial charge in [0.05, 0.1) is 36.1 Å². The van der Waals surface area contributed by atoms with Crippen molar-refractivity contribution in [3.8, 4) is 11.4 Å². The first kappa shape index (κ1) is 19.1. The number of hydrazine groups is 2. The van der Waals surface area contributed by atoms with Gasteiger partial charge in [0.15, 0.2) is 5.84 Å². The summed E-state index contributed by atoms with van der Waals surface area (Å²) in [4.78, 5) is 0. The molecule has 0 amide bonds. The number of hydrogen-bond acceptors (Lipinski definition) is 6. The van der Waals surface area contributed by atoms with Crippen LogP contribution in [0.5, 0.6) is 5.75 Å². The van der Waals surface area contributed by atoms with E-state index in [1.165, 1.54) is 0 Å². The zero-order chi connectivity index (χ0) is 19.7. The van der Waals surface area contributed by atoms with Gasteiger partial charge in [-0.1, -0.05) is 35.3 Å². The fourth-order valence-electron chi connectivity index (χ4n) is 2.78. The summed E-state index contributed by atoms with van der Waals surface area (Å²) in [5.41, 5.74) is 8.37. The number of methoxy groups -OCH3 is 1. The van der Waals surface area contributed by atoms with Crippen molar-refractivity contribution in [2.75, 3.05) is 7.11 Å². The van der Waals surface area contributed by atoms with Crippen molar-refractivity contribution in [2.24, 2.45) is 5.10 Å². The lowest BCUT2D eigenvalue weighted by Crippen LogP contribution is -2.40. The van der Waals surface area contributed by atoms with E-state index in [1.807, 2.05) is 29.3 Å². The number of aromatic nitrogens is 2. The third kappa shape index (κ3) is 3.68. The van der Waals surface area contributed by atoms with E-state index in [-0.39, 0.29) is 0 Å². The SMILES string of the molecule is COc1ccc(CN2NNN=C2c2cnn(-c3cc(Cl)ccc3Cl)c2Br)cc1. The number of halogens is 3. The number of amidine groups is 1. The van der Waals surface area contributed by atoms with E-state index in [0.717, 1.165) is 16.9 Å². The Balaban J connectivity index is 1.61. The van der Waals surface area contributed by atoms with E-state index in [1.54, 1.807) is 36.2 Å². The summed E-state index contributed by atoms with van der Waals surface area (Å²) < 4.78 is 7.59. The van der Waals surface area contributed by atoms with E-state index >= 15 is 0 Å². The summed E-state index contributed by atoms with van der Waals surface area (Å²) in [5.74, 6) is 1.50. The number of rotatable bonds is 5. The lowest BCUT2D eigenvalue weighted by Gasteiger charge is -2.19. The third-order valence-electron chi connectivity index (χ3n) is 4.19. The van der Waals surface area contributed by atoms with Crippen molar-refractivity contribution in [2.45, 2.75) is 6.54 Å². The topological polar surface area (TPSA) is 66.7 Å². The van der Waals surface area contributed by atoms with E-state index in [0.29, 0.717) is 32.7 Å². The monoisotopic (exact) mass is 480 g/mol. The molecule has 144 valence electrons. The van der Waals surface area contributed by atoms with Gasteiger partial charge in [0.25, 0.3) is 0 Å². The maximum Gasteiger partial charge on any atom is 0.177 e. The number of nitrogens with one attached hydrogen (secondary N) is 2. The quantitative estimate of drug-likeness (QED) is 0.573. The van der Waals surface area contributed by atoms with Crippen LogP contribution in [0.15, 0.2) is 58.4 Å². The van der Waals surface area contributed by atoms with Crippen LogP contribution in [-0.2, 0) is 6.54 Å². The highest BCUT2D eigenvalue weighted by molar-refractivity contribution is 9.10. The molecule has 4 rings (SSSR count). The maximum atomic E-state index is 6.32. The summed E-state index contributed by atoms with van der Waals surface area (Å²) in [6.07, 6.45) is 1.72. The van der Waals surface area contributed by atoms with Gasteiger partial charge in [-0.15, -0.1) is 10.6 Å². The lowest BCUT2D eigenvalue weighted by molar-refractivity contribution is 0.288. The fourth-order valence-corrected chi connectivity index (χ4v) is 3.71. The molecule has 2 aromatic carbocycles. The number of nitrogens with zero attached hydrogens (tertiary/aromatic N) is 4. The first-order valence-corrected chi connectivity index (χ1v) is 9.80. The maximum absolute atomic E-state index is 6.32. The molecule has 0 bridgehead atoms. The van der Waals surface area contributed by atoms with Crippen molar-refractivity contribution in [3.05, 3.63) is 74.4 Å². The highest BCUT2D eigenvalue weighted by Gasteiger charge is 2.24. The molecule has 0 spiro atoms. The van der Waals surface area contributed by atoms with Gasteiger partial charge in [-0.3, -0.25) is 5.01 Å². The van der Waals surface area contributed by atoms with Gasteiger partial charge in [0.1, 0.15) is 10.4 Å². The van der Waals surface area contributed by atoms with Gasteiger partial charge in [-0.2, -0.15) is 5.10 Å². The van der Waals surface area contributed by atoms with Crippen LogP contribution in [0.3, 0.4) is 0 Å². The summed E-state index contributed by atoms with van der Waals surface area (Å²) in [6, 6.07) is 13.1. The van der Waals surface area contributed by atoms with Gasteiger partial charge in [0.2, 0.25) is 0 Å². The molecule has 3 aromatic rings. The van der Waals surface area contributed by atoms with Crippen LogP contribution in [0.25, 0.3) is 5.69 Å². The Labute approximate surface area is 179 Å². The summed E-state index contributed by atoms with van der Waals surface area (Å²) in [5, 5.41) is 11.8. The zero-order valence-corrected chi connectivity index (χ0v) is 17.8. The molecule has 0 radical (unpaired) electrons. The number of benzene rings is 2. The lowest BCUT2D eigenvalue weighted by atomic mass is 10.2. The van der Waals surface area contributed by atoms with Crippen molar-refractivity contribution in [1.82, 2.24) is 25.9 Å². The Bertz CT molecular complexity index is 1040. The number of ether oxygens (including phenoxy) is 1. The summed E-state index contributed by atoms with van der Waals surface area (Å²) in [7, 11) is 1.65. The van der Waals surface area contributed by atoms with Crippen LogP contribution >= 0.6 is 39.1 Å². The molecule has 7 nitrogen and oxygen atoms in total. The molecule has 28 heavy (non-hydrogen) atoms.